The van der Waals surface area contributed by atoms with Crippen LogP contribution in [0, 0.1) is 5.92 Å². The fourth-order valence-corrected chi connectivity index (χ4v) is 3.18. The van der Waals surface area contributed by atoms with Gasteiger partial charge in [-0.05, 0) is 56.8 Å². The van der Waals surface area contributed by atoms with Gasteiger partial charge in [0, 0.05) is 19.6 Å². The summed E-state index contributed by atoms with van der Waals surface area (Å²) < 4.78 is 0. The maximum absolute atomic E-state index is 5.57. The van der Waals surface area contributed by atoms with Crippen LogP contribution in [0.4, 0.5) is 11.6 Å². The number of piperidine rings is 1. The summed E-state index contributed by atoms with van der Waals surface area (Å²) in [7, 11) is 0. The third kappa shape index (κ3) is 3.15. The second kappa shape index (κ2) is 5.74. The van der Waals surface area contributed by atoms with Crippen LogP contribution in [0.2, 0.25) is 0 Å². The molecule has 2 aliphatic rings. The van der Waals surface area contributed by atoms with E-state index in [4.69, 9.17) is 5.73 Å². The van der Waals surface area contributed by atoms with E-state index in [-0.39, 0.29) is 0 Å². The van der Waals surface area contributed by atoms with Gasteiger partial charge in [-0.1, -0.05) is 0 Å². The van der Waals surface area contributed by atoms with Gasteiger partial charge in [-0.3, -0.25) is 0 Å². The Morgan fingerprint density at radius 2 is 1.79 bits per heavy atom. The Bertz CT molecular complexity index is 391. The molecule has 0 bridgehead atoms. The van der Waals surface area contributed by atoms with Crippen LogP contribution < -0.4 is 10.6 Å². The van der Waals surface area contributed by atoms with Gasteiger partial charge in [0.05, 0.1) is 0 Å². The van der Waals surface area contributed by atoms with E-state index in [1.807, 2.05) is 12.1 Å². The van der Waals surface area contributed by atoms with Crippen molar-refractivity contribution in [3.8, 4) is 0 Å². The molecular weight excluding hydrogens is 238 g/mol. The Morgan fingerprint density at radius 1 is 1.05 bits per heavy atom. The van der Waals surface area contributed by atoms with Crippen LogP contribution in [0.5, 0.6) is 0 Å². The maximum atomic E-state index is 5.57. The molecule has 3 rings (SSSR count). The number of hydrogen-bond donors (Lipinski definition) is 1. The molecule has 3 heterocycles. The average Bonchev–Trinajstić information content (AvgIpc) is 2.94. The third-order valence-corrected chi connectivity index (χ3v) is 4.32. The molecule has 1 aromatic rings. The number of likely N-dealkylation sites (tertiary alicyclic amines) is 1. The summed E-state index contributed by atoms with van der Waals surface area (Å²) in [5, 5.41) is 8.11. The lowest BCUT2D eigenvalue weighted by atomic mass is 9.96. The molecule has 104 valence electrons. The average molecular weight is 261 g/mol. The molecule has 0 saturated carbocycles. The summed E-state index contributed by atoms with van der Waals surface area (Å²) in [6.07, 6.45) is 5.31. The molecule has 0 radical (unpaired) electrons. The van der Waals surface area contributed by atoms with E-state index in [2.05, 4.69) is 20.0 Å². The second-order valence-corrected chi connectivity index (χ2v) is 5.75. The van der Waals surface area contributed by atoms with Crippen molar-refractivity contribution in [3.63, 3.8) is 0 Å². The summed E-state index contributed by atoms with van der Waals surface area (Å²) >= 11 is 0. The zero-order valence-electron chi connectivity index (χ0n) is 11.5. The van der Waals surface area contributed by atoms with E-state index in [9.17, 15) is 0 Å². The zero-order chi connectivity index (χ0) is 13.1. The predicted molar refractivity (Wildman–Crippen MR) is 77.1 cm³/mol. The molecule has 0 unspecified atom stereocenters. The van der Waals surface area contributed by atoms with Crippen molar-refractivity contribution in [2.75, 3.05) is 43.4 Å². The number of anilines is 2. The highest BCUT2D eigenvalue weighted by Crippen LogP contribution is 2.23. The van der Waals surface area contributed by atoms with Crippen molar-refractivity contribution in [1.82, 2.24) is 15.1 Å². The lowest BCUT2D eigenvalue weighted by Crippen LogP contribution is -2.38. The number of nitrogens with two attached hydrogens (primary N) is 1. The van der Waals surface area contributed by atoms with Gasteiger partial charge < -0.3 is 15.5 Å². The van der Waals surface area contributed by atoms with Crippen molar-refractivity contribution in [2.24, 2.45) is 5.92 Å². The first-order valence-corrected chi connectivity index (χ1v) is 7.38. The Balaban J connectivity index is 1.50. The topological polar surface area (TPSA) is 58.3 Å². The van der Waals surface area contributed by atoms with Gasteiger partial charge >= 0.3 is 0 Å². The molecule has 19 heavy (non-hydrogen) atoms. The first kappa shape index (κ1) is 12.7. The Kier molecular flexibility index (Phi) is 3.82. The molecule has 0 spiro atoms. The molecule has 2 saturated heterocycles. The number of hydrogen-bond acceptors (Lipinski definition) is 5. The Labute approximate surface area is 114 Å². The van der Waals surface area contributed by atoms with E-state index >= 15 is 0 Å². The van der Waals surface area contributed by atoms with Crippen molar-refractivity contribution < 1.29 is 0 Å². The molecule has 1 aromatic heterocycles. The van der Waals surface area contributed by atoms with Crippen molar-refractivity contribution in [2.45, 2.75) is 25.7 Å². The highest BCUT2D eigenvalue weighted by atomic mass is 15.3. The molecule has 0 aromatic carbocycles. The molecule has 2 fully saturated rings. The highest BCUT2D eigenvalue weighted by molar-refractivity contribution is 5.41. The van der Waals surface area contributed by atoms with Gasteiger partial charge in [-0.25, -0.2) is 0 Å². The van der Waals surface area contributed by atoms with Gasteiger partial charge in [0.25, 0.3) is 0 Å². The van der Waals surface area contributed by atoms with Gasteiger partial charge in [-0.15, -0.1) is 10.2 Å². The first-order valence-electron chi connectivity index (χ1n) is 7.38. The first-order chi connectivity index (χ1) is 9.31. The molecule has 2 N–H and O–H groups in total. The van der Waals surface area contributed by atoms with Crippen LogP contribution in [-0.2, 0) is 0 Å². The smallest absolute Gasteiger partial charge is 0.151 e. The van der Waals surface area contributed by atoms with Crippen LogP contribution >= 0.6 is 0 Å². The number of nitrogens with zero attached hydrogens (tertiary/aromatic N) is 4. The quantitative estimate of drug-likeness (QED) is 0.890. The third-order valence-electron chi connectivity index (χ3n) is 4.32. The summed E-state index contributed by atoms with van der Waals surface area (Å²) in [5.41, 5.74) is 5.57. The van der Waals surface area contributed by atoms with Gasteiger partial charge in [0.2, 0.25) is 0 Å². The number of aromatic nitrogens is 2. The van der Waals surface area contributed by atoms with Crippen LogP contribution in [0.25, 0.3) is 0 Å². The minimum atomic E-state index is 0.493. The van der Waals surface area contributed by atoms with E-state index in [1.165, 1.54) is 45.3 Å². The number of rotatable bonds is 3. The molecular formula is C14H23N5. The Hall–Kier alpha value is -1.36. The van der Waals surface area contributed by atoms with E-state index < -0.39 is 0 Å². The molecule has 0 atom stereocenters. The zero-order valence-corrected chi connectivity index (χ0v) is 11.5. The minimum absolute atomic E-state index is 0.493. The predicted octanol–water partition coefficient (Wildman–Crippen LogP) is 1.37. The van der Waals surface area contributed by atoms with E-state index in [1.54, 1.807) is 0 Å². The standard InChI is InChI=1S/C14H23N5/c15-13-3-4-14(17-16-13)19-9-5-12(6-10-19)11-18-7-1-2-8-18/h3-4,12H,1-2,5-11H2,(H2,15,16). The second-order valence-electron chi connectivity index (χ2n) is 5.75. The molecule has 5 nitrogen and oxygen atoms in total. The van der Waals surface area contributed by atoms with Crippen LogP contribution in [0.1, 0.15) is 25.7 Å². The summed E-state index contributed by atoms with van der Waals surface area (Å²) in [4.78, 5) is 4.95. The SMILES string of the molecule is Nc1ccc(N2CCC(CN3CCCC3)CC2)nn1. The molecule has 5 heteroatoms. The van der Waals surface area contributed by atoms with E-state index in [0.717, 1.165) is 24.8 Å². The fraction of sp³-hybridized carbons (Fsp3) is 0.714. The maximum Gasteiger partial charge on any atom is 0.151 e. The molecule has 0 aliphatic carbocycles. The fourth-order valence-electron chi connectivity index (χ4n) is 3.18. The highest BCUT2D eigenvalue weighted by Gasteiger charge is 2.23. The molecule has 2 aliphatic heterocycles. The lowest BCUT2D eigenvalue weighted by Gasteiger charge is -2.34. The minimum Gasteiger partial charge on any atom is -0.382 e. The monoisotopic (exact) mass is 261 g/mol. The Morgan fingerprint density at radius 3 is 2.42 bits per heavy atom. The van der Waals surface area contributed by atoms with Crippen molar-refractivity contribution in [1.29, 1.82) is 0 Å². The van der Waals surface area contributed by atoms with Crippen LogP contribution in [0.15, 0.2) is 12.1 Å². The molecule has 0 amide bonds. The summed E-state index contributed by atoms with van der Waals surface area (Å²) in [5.74, 6) is 2.32. The van der Waals surface area contributed by atoms with Crippen molar-refractivity contribution >= 4 is 11.6 Å². The number of nitrogen functional groups attached to an aromatic ring is 1. The van der Waals surface area contributed by atoms with Crippen LogP contribution in [0.3, 0.4) is 0 Å². The largest absolute Gasteiger partial charge is 0.382 e. The van der Waals surface area contributed by atoms with Gasteiger partial charge in [-0.2, -0.15) is 0 Å². The van der Waals surface area contributed by atoms with Crippen LogP contribution in [-0.4, -0.2) is 47.8 Å². The van der Waals surface area contributed by atoms with E-state index in [0.29, 0.717) is 5.82 Å². The summed E-state index contributed by atoms with van der Waals surface area (Å²) in [6, 6.07) is 3.81. The lowest BCUT2D eigenvalue weighted by molar-refractivity contribution is 0.249. The normalized spacial score (nSPS) is 22.0. The van der Waals surface area contributed by atoms with Gasteiger partial charge in [0.1, 0.15) is 5.82 Å². The summed E-state index contributed by atoms with van der Waals surface area (Å²) in [6.45, 7) is 6.10. The van der Waals surface area contributed by atoms with Gasteiger partial charge in [0.15, 0.2) is 5.82 Å². The van der Waals surface area contributed by atoms with Crippen molar-refractivity contribution in [3.05, 3.63) is 12.1 Å².